The minimum atomic E-state index is -0.584. The number of carbonyl (C=O) groups excluding carboxylic acids is 1. The fourth-order valence-electron chi connectivity index (χ4n) is 3.70. The molecule has 1 aliphatic carbocycles. The zero-order valence-electron chi connectivity index (χ0n) is 17.6. The van der Waals surface area contributed by atoms with Crippen LogP contribution in [0.15, 0.2) is 47.6 Å². The van der Waals surface area contributed by atoms with E-state index in [0.29, 0.717) is 29.2 Å². The third kappa shape index (κ3) is 4.78. The topological polar surface area (TPSA) is 103 Å². The summed E-state index contributed by atoms with van der Waals surface area (Å²) in [6, 6.07) is 12.8. The predicted octanol–water partition coefficient (Wildman–Crippen LogP) is 5.17. The van der Waals surface area contributed by atoms with Crippen LogP contribution in [-0.4, -0.2) is 31.3 Å². The van der Waals surface area contributed by atoms with Gasteiger partial charge in [0.2, 0.25) is 5.91 Å². The number of halogens is 1. The molecule has 2 atom stereocenters. The number of thioether (sulfide) groups is 1. The van der Waals surface area contributed by atoms with E-state index in [1.165, 1.54) is 41.1 Å². The first kappa shape index (κ1) is 22.3. The number of hydrogen-bond acceptors (Lipinski definition) is 6. The average molecular weight is 472 g/mol. The van der Waals surface area contributed by atoms with Crippen LogP contribution in [0.25, 0.3) is 0 Å². The molecule has 1 aliphatic rings. The Morgan fingerprint density at radius 3 is 2.69 bits per heavy atom. The number of nitro benzene ring substituents is 1. The van der Waals surface area contributed by atoms with Gasteiger partial charge in [0.1, 0.15) is 10.8 Å². The molecule has 10 heteroatoms. The number of hydrogen-bond donors (Lipinski definition) is 1. The Labute approximate surface area is 194 Å². The molecule has 0 unspecified atom stereocenters. The smallest absolute Gasteiger partial charge is 0.289 e. The molecule has 0 saturated heterocycles. The van der Waals surface area contributed by atoms with Crippen molar-refractivity contribution in [1.29, 1.82) is 0 Å². The molecule has 3 aromatic rings. The molecule has 1 aromatic heterocycles. The SMILES string of the molecule is CCn1c(SCC(=O)Nc2ccc(Cl)c([N+](=O)[O-])c2)nnc1[C@@H]1C[C@H]1c1ccc(C)cc1. The normalized spacial score (nSPS) is 17.2. The Kier molecular flexibility index (Phi) is 6.48. The summed E-state index contributed by atoms with van der Waals surface area (Å²) in [5.41, 5.74) is 2.63. The number of nitro groups is 1. The quantitative estimate of drug-likeness (QED) is 0.276. The fraction of sp³-hybridized carbons (Fsp3) is 0.318. The number of anilines is 1. The maximum Gasteiger partial charge on any atom is 0.289 e. The van der Waals surface area contributed by atoms with Crippen LogP contribution in [0.2, 0.25) is 5.02 Å². The largest absolute Gasteiger partial charge is 0.325 e. The van der Waals surface area contributed by atoms with E-state index in [0.717, 1.165) is 12.2 Å². The van der Waals surface area contributed by atoms with Gasteiger partial charge in [-0.05, 0) is 43.9 Å². The molecule has 0 spiro atoms. The first-order valence-electron chi connectivity index (χ1n) is 10.2. The Morgan fingerprint density at radius 2 is 2.00 bits per heavy atom. The fourth-order valence-corrected chi connectivity index (χ4v) is 4.69. The van der Waals surface area contributed by atoms with Crippen molar-refractivity contribution >= 4 is 40.6 Å². The van der Waals surface area contributed by atoms with Gasteiger partial charge >= 0.3 is 0 Å². The van der Waals surface area contributed by atoms with E-state index in [-0.39, 0.29) is 22.4 Å². The van der Waals surface area contributed by atoms with Crippen LogP contribution in [0.4, 0.5) is 11.4 Å². The molecular formula is C22H22ClN5O3S. The summed E-state index contributed by atoms with van der Waals surface area (Å²) < 4.78 is 2.06. The number of rotatable bonds is 8. The molecule has 0 aliphatic heterocycles. The first-order valence-corrected chi connectivity index (χ1v) is 11.6. The highest BCUT2D eigenvalue weighted by Gasteiger charge is 2.43. The lowest BCUT2D eigenvalue weighted by Gasteiger charge is -2.08. The van der Waals surface area contributed by atoms with Gasteiger partial charge in [0, 0.05) is 24.2 Å². The van der Waals surface area contributed by atoms with Crippen molar-refractivity contribution in [1.82, 2.24) is 14.8 Å². The number of aromatic nitrogens is 3. The molecule has 1 N–H and O–H groups in total. The van der Waals surface area contributed by atoms with Crippen molar-refractivity contribution < 1.29 is 9.72 Å². The Morgan fingerprint density at radius 1 is 1.25 bits per heavy atom. The zero-order valence-corrected chi connectivity index (χ0v) is 19.2. The number of amides is 1. The lowest BCUT2D eigenvalue weighted by Crippen LogP contribution is -2.15. The molecular weight excluding hydrogens is 450 g/mol. The van der Waals surface area contributed by atoms with Gasteiger partial charge in [0.15, 0.2) is 5.16 Å². The molecule has 0 bridgehead atoms. The van der Waals surface area contributed by atoms with Crippen molar-refractivity contribution in [3.05, 3.63) is 74.6 Å². The van der Waals surface area contributed by atoms with Crippen molar-refractivity contribution in [2.45, 2.75) is 43.8 Å². The standard InChI is InChI=1S/C22H22ClN5O3S/c1-3-27-21(17-11-16(17)14-6-4-13(2)5-7-14)25-26-22(27)32-12-20(29)24-15-8-9-18(23)19(10-15)28(30)31/h4-10,16-17H,3,11-12H2,1-2H3,(H,24,29)/t16-,17+/m0/s1. The number of nitrogens with one attached hydrogen (secondary N) is 1. The molecule has 1 saturated carbocycles. The van der Waals surface area contributed by atoms with Crippen LogP contribution < -0.4 is 5.32 Å². The Bertz CT molecular complexity index is 1160. The third-order valence-corrected chi connectivity index (χ3v) is 6.73. The number of carbonyl (C=O) groups is 1. The molecule has 32 heavy (non-hydrogen) atoms. The van der Waals surface area contributed by atoms with Gasteiger partial charge in [-0.25, -0.2) is 0 Å². The van der Waals surface area contributed by atoms with Crippen LogP contribution in [0.3, 0.4) is 0 Å². The van der Waals surface area contributed by atoms with E-state index in [9.17, 15) is 14.9 Å². The first-order chi connectivity index (χ1) is 15.4. The van der Waals surface area contributed by atoms with Gasteiger partial charge in [-0.3, -0.25) is 14.9 Å². The van der Waals surface area contributed by atoms with Crippen LogP contribution in [0, 0.1) is 17.0 Å². The third-order valence-electron chi connectivity index (χ3n) is 5.45. The minimum absolute atomic E-state index is 0.0231. The Hall–Kier alpha value is -2.91. The van der Waals surface area contributed by atoms with Gasteiger partial charge in [-0.2, -0.15) is 0 Å². The monoisotopic (exact) mass is 471 g/mol. The predicted molar refractivity (Wildman–Crippen MR) is 124 cm³/mol. The second-order valence-corrected chi connectivity index (χ2v) is 9.05. The van der Waals surface area contributed by atoms with Gasteiger partial charge in [0.25, 0.3) is 5.69 Å². The summed E-state index contributed by atoms with van der Waals surface area (Å²) >= 11 is 7.11. The highest BCUT2D eigenvalue weighted by molar-refractivity contribution is 7.99. The zero-order chi connectivity index (χ0) is 22.8. The molecule has 0 radical (unpaired) electrons. The summed E-state index contributed by atoms with van der Waals surface area (Å²) in [6.45, 7) is 4.83. The highest BCUT2D eigenvalue weighted by Crippen LogP contribution is 2.54. The van der Waals surface area contributed by atoms with Crippen molar-refractivity contribution in [3.63, 3.8) is 0 Å². The van der Waals surface area contributed by atoms with Gasteiger partial charge in [-0.1, -0.05) is 53.2 Å². The van der Waals surface area contributed by atoms with Crippen molar-refractivity contribution in [2.24, 2.45) is 0 Å². The maximum absolute atomic E-state index is 12.4. The van der Waals surface area contributed by atoms with Gasteiger partial charge in [-0.15, -0.1) is 10.2 Å². The van der Waals surface area contributed by atoms with Gasteiger partial charge in [0.05, 0.1) is 10.7 Å². The molecule has 2 aromatic carbocycles. The summed E-state index contributed by atoms with van der Waals surface area (Å²) in [6.07, 6.45) is 1.04. The van der Waals surface area contributed by atoms with E-state index in [4.69, 9.17) is 11.6 Å². The summed E-state index contributed by atoms with van der Waals surface area (Å²) in [5, 5.41) is 23.1. The second-order valence-electron chi connectivity index (χ2n) is 7.70. The van der Waals surface area contributed by atoms with E-state index < -0.39 is 4.92 Å². The summed E-state index contributed by atoms with van der Waals surface area (Å²) in [7, 11) is 0. The molecule has 1 fully saturated rings. The lowest BCUT2D eigenvalue weighted by atomic mass is 10.1. The lowest BCUT2D eigenvalue weighted by molar-refractivity contribution is -0.384. The molecule has 166 valence electrons. The van der Waals surface area contributed by atoms with E-state index in [1.807, 2.05) is 6.92 Å². The number of nitrogens with zero attached hydrogens (tertiary/aromatic N) is 4. The van der Waals surface area contributed by atoms with Crippen LogP contribution in [0.5, 0.6) is 0 Å². The van der Waals surface area contributed by atoms with Crippen molar-refractivity contribution in [3.8, 4) is 0 Å². The van der Waals surface area contributed by atoms with Crippen LogP contribution >= 0.6 is 23.4 Å². The van der Waals surface area contributed by atoms with E-state index >= 15 is 0 Å². The van der Waals surface area contributed by atoms with Gasteiger partial charge < -0.3 is 9.88 Å². The van der Waals surface area contributed by atoms with Crippen LogP contribution in [-0.2, 0) is 11.3 Å². The van der Waals surface area contributed by atoms with E-state index in [2.05, 4.69) is 51.3 Å². The summed E-state index contributed by atoms with van der Waals surface area (Å²) in [4.78, 5) is 22.8. The highest BCUT2D eigenvalue weighted by atomic mass is 35.5. The van der Waals surface area contributed by atoms with E-state index in [1.54, 1.807) is 0 Å². The summed E-state index contributed by atoms with van der Waals surface area (Å²) in [5.74, 6) is 1.56. The molecule has 4 rings (SSSR count). The Balaban J connectivity index is 1.39. The maximum atomic E-state index is 12.4. The van der Waals surface area contributed by atoms with Crippen molar-refractivity contribution in [2.75, 3.05) is 11.1 Å². The number of benzene rings is 2. The minimum Gasteiger partial charge on any atom is -0.325 e. The second kappa shape index (κ2) is 9.30. The molecule has 8 nitrogen and oxygen atoms in total. The molecule has 1 amide bonds. The number of aryl methyl sites for hydroxylation is 1. The van der Waals surface area contributed by atoms with Crippen LogP contribution in [0.1, 0.15) is 42.1 Å². The average Bonchev–Trinajstić information content (AvgIpc) is 3.45. The molecule has 1 heterocycles.